The highest BCUT2D eigenvalue weighted by molar-refractivity contribution is 5.23. The van der Waals surface area contributed by atoms with Gasteiger partial charge in [0.15, 0.2) is 0 Å². The van der Waals surface area contributed by atoms with E-state index in [1.54, 1.807) is 12.1 Å². The maximum absolute atomic E-state index is 13.0. The van der Waals surface area contributed by atoms with Crippen molar-refractivity contribution in [2.75, 3.05) is 0 Å². The zero-order chi connectivity index (χ0) is 11.5. The molecule has 1 unspecified atom stereocenters. The van der Waals surface area contributed by atoms with Crippen LogP contribution in [0.4, 0.5) is 4.39 Å². The third kappa shape index (κ3) is 2.50. The summed E-state index contributed by atoms with van der Waals surface area (Å²) in [6.45, 7) is 5.85. The van der Waals surface area contributed by atoms with Crippen LogP contribution in [0.3, 0.4) is 0 Å². The molecule has 0 spiro atoms. The van der Waals surface area contributed by atoms with Gasteiger partial charge in [0, 0.05) is 12.1 Å². The fraction of sp³-hybridized carbons (Fsp3) is 0.429. The predicted molar refractivity (Wildman–Crippen MR) is 65.0 cm³/mol. The molecule has 86 valence electrons. The van der Waals surface area contributed by atoms with E-state index in [-0.39, 0.29) is 5.82 Å². The molecule has 16 heavy (non-hydrogen) atoms. The Bertz CT molecular complexity index is 369. The van der Waals surface area contributed by atoms with Crippen molar-refractivity contribution in [3.63, 3.8) is 0 Å². The van der Waals surface area contributed by atoms with Crippen LogP contribution in [0.2, 0.25) is 0 Å². The molecule has 1 saturated carbocycles. The molecule has 0 aliphatic heterocycles. The first-order valence-electron chi connectivity index (χ1n) is 5.83. The van der Waals surface area contributed by atoms with E-state index in [0.717, 1.165) is 18.4 Å². The van der Waals surface area contributed by atoms with Gasteiger partial charge >= 0.3 is 0 Å². The summed E-state index contributed by atoms with van der Waals surface area (Å²) in [5.74, 6) is 0.388. The number of rotatable bonds is 4. The smallest absolute Gasteiger partial charge is 0.123 e. The van der Waals surface area contributed by atoms with Gasteiger partial charge in [-0.05, 0) is 43.4 Å². The van der Waals surface area contributed by atoms with E-state index >= 15 is 0 Å². The molecule has 0 saturated heterocycles. The Balaban J connectivity index is 1.86. The van der Waals surface area contributed by atoms with Crippen molar-refractivity contribution in [2.24, 2.45) is 0 Å². The normalized spacial score (nSPS) is 25.9. The van der Waals surface area contributed by atoms with Gasteiger partial charge in [0.1, 0.15) is 5.82 Å². The molecule has 0 amide bonds. The lowest BCUT2D eigenvalue weighted by Gasteiger charge is -2.37. The molecule has 1 aliphatic rings. The standard InChI is InChI=1S/C14H18FN/c1-3-10(2)16-14-8-12(9-14)11-5-4-6-13(15)7-11/h3-7,10,12,14,16H,1,8-9H2,2H3. The molecular weight excluding hydrogens is 201 g/mol. The monoisotopic (exact) mass is 219 g/mol. The van der Waals surface area contributed by atoms with E-state index in [4.69, 9.17) is 0 Å². The third-order valence-corrected chi connectivity index (χ3v) is 3.31. The average molecular weight is 219 g/mol. The van der Waals surface area contributed by atoms with Crippen LogP contribution in [-0.2, 0) is 0 Å². The van der Waals surface area contributed by atoms with Crippen LogP contribution >= 0.6 is 0 Å². The maximum Gasteiger partial charge on any atom is 0.123 e. The summed E-state index contributed by atoms with van der Waals surface area (Å²) in [5.41, 5.74) is 1.13. The summed E-state index contributed by atoms with van der Waals surface area (Å²) in [7, 11) is 0. The average Bonchev–Trinajstić information content (AvgIpc) is 2.22. The summed E-state index contributed by atoms with van der Waals surface area (Å²) in [6.07, 6.45) is 4.11. The zero-order valence-electron chi connectivity index (χ0n) is 9.62. The summed E-state index contributed by atoms with van der Waals surface area (Å²) in [6, 6.07) is 7.87. The van der Waals surface area contributed by atoms with Crippen molar-refractivity contribution < 1.29 is 4.39 Å². The fourth-order valence-corrected chi connectivity index (χ4v) is 2.23. The van der Waals surface area contributed by atoms with Crippen LogP contribution in [0.1, 0.15) is 31.2 Å². The van der Waals surface area contributed by atoms with Gasteiger partial charge in [0.25, 0.3) is 0 Å². The van der Waals surface area contributed by atoms with Gasteiger partial charge in [-0.15, -0.1) is 6.58 Å². The number of hydrogen-bond donors (Lipinski definition) is 1. The van der Waals surface area contributed by atoms with E-state index in [1.165, 1.54) is 6.07 Å². The van der Waals surface area contributed by atoms with Crippen molar-refractivity contribution in [1.82, 2.24) is 5.32 Å². The van der Waals surface area contributed by atoms with Gasteiger partial charge in [0.05, 0.1) is 0 Å². The lowest BCUT2D eigenvalue weighted by atomic mass is 9.75. The van der Waals surface area contributed by atoms with Crippen LogP contribution in [-0.4, -0.2) is 12.1 Å². The molecule has 1 atom stereocenters. The molecular formula is C14H18FN. The fourth-order valence-electron chi connectivity index (χ4n) is 2.23. The van der Waals surface area contributed by atoms with Gasteiger partial charge in [-0.25, -0.2) is 4.39 Å². The summed E-state index contributed by atoms with van der Waals surface area (Å²) in [4.78, 5) is 0. The van der Waals surface area contributed by atoms with Gasteiger partial charge in [0.2, 0.25) is 0 Å². The van der Waals surface area contributed by atoms with Crippen LogP contribution in [0.5, 0.6) is 0 Å². The Morgan fingerprint density at radius 1 is 1.50 bits per heavy atom. The maximum atomic E-state index is 13.0. The Morgan fingerprint density at radius 2 is 2.25 bits per heavy atom. The molecule has 1 N–H and O–H groups in total. The van der Waals surface area contributed by atoms with Gasteiger partial charge in [-0.3, -0.25) is 0 Å². The molecule has 0 heterocycles. The van der Waals surface area contributed by atoms with Gasteiger partial charge < -0.3 is 5.32 Å². The van der Waals surface area contributed by atoms with Crippen LogP contribution in [0, 0.1) is 5.82 Å². The molecule has 1 aliphatic carbocycles. The molecule has 2 rings (SSSR count). The molecule has 0 aromatic heterocycles. The highest BCUT2D eigenvalue weighted by Gasteiger charge is 2.30. The van der Waals surface area contributed by atoms with Crippen LogP contribution < -0.4 is 5.32 Å². The second kappa shape index (κ2) is 4.79. The highest BCUT2D eigenvalue weighted by Crippen LogP contribution is 2.37. The first-order chi connectivity index (χ1) is 7.69. The molecule has 1 nitrogen and oxygen atoms in total. The van der Waals surface area contributed by atoms with Gasteiger partial charge in [-0.1, -0.05) is 18.2 Å². The number of hydrogen-bond acceptors (Lipinski definition) is 1. The highest BCUT2D eigenvalue weighted by atomic mass is 19.1. The first kappa shape index (κ1) is 11.3. The minimum absolute atomic E-state index is 0.131. The van der Waals surface area contributed by atoms with Crippen molar-refractivity contribution >= 4 is 0 Å². The Kier molecular flexibility index (Phi) is 3.39. The minimum atomic E-state index is -0.131. The quantitative estimate of drug-likeness (QED) is 0.767. The van der Waals surface area contributed by atoms with Gasteiger partial charge in [-0.2, -0.15) is 0 Å². The summed E-state index contributed by atoms with van der Waals surface area (Å²) >= 11 is 0. The largest absolute Gasteiger partial charge is 0.308 e. The van der Waals surface area contributed by atoms with Crippen molar-refractivity contribution in [3.05, 3.63) is 48.3 Å². The lowest BCUT2D eigenvalue weighted by Crippen LogP contribution is -2.43. The van der Waals surface area contributed by atoms with E-state index in [2.05, 4.69) is 18.8 Å². The Morgan fingerprint density at radius 3 is 2.88 bits per heavy atom. The van der Waals surface area contributed by atoms with Crippen LogP contribution in [0.15, 0.2) is 36.9 Å². The van der Waals surface area contributed by atoms with E-state index in [1.807, 2.05) is 12.1 Å². The van der Waals surface area contributed by atoms with Crippen molar-refractivity contribution in [3.8, 4) is 0 Å². The second-order valence-corrected chi connectivity index (χ2v) is 4.61. The van der Waals surface area contributed by atoms with E-state index < -0.39 is 0 Å². The summed E-state index contributed by atoms with van der Waals surface area (Å²) in [5, 5.41) is 3.47. The Labute approximate surface area is 96.4 Å². The molecule has 0 radical (unpaired) electrons. The first-order valence-corrected chi connectivity index (χ1v) is 5.83. The number of halogens is 1. The molecule has 0 bridgehead atoms. The molecule has 2 heteroatoms. The van der Waals surface area contributed by atoms with Crippen LogP contribution in [0.25, 0.3) is 0 Å². The van der Waals surface area contributed by atoms with E-state index in [0.29, 0.717) is 18.0 Å². The third-order valence-electron chi connectivity index (χ3n) is 3.31. The SMILES string of the molecule is C=CC(C)NC1CC(c2cccc(F)c2)C1. The predicted octanol–water partition coefficient (Wildman–Crippen LogP) is 3.24. The molecule has 1 aromatic rings. The number of nitrogens with one attached hydrogen (secondary N) is 1. The molecule has 1 fully saturated rings. The summed E-state index contributed by atoms with van der Waals surface area (Å²) < 4.78 is 13.0. The molecule has 1 aromatic carbocycles. The second-order valence-electron chi connectivity index (χ2n) is 4.61. The Hall–Kier alpha value is -1.15. The van der Waals surface area contributed by atoms with Crippen molar-refractivity contribution in [2.45, 2.75) is 37.8 Å². The topological polar surface area (TPSA) is 12.0 Å². The van der Waals surface area contributed by atoms with E-state index in [9.17, 15) is 4.39 Å². The zero-order valence-corrected chi connectivity index (χ0v) is 9.62. The van der Waals surface area contributed by atoms with Crippen molar-refractivity contribution in [1.29, 1.82) is 0 Å². The number of benzene rings is 1. The minimum Gasteiger partial charge on any atom is -0.308 e. The lowest BCUT2D eigenvalue weighted by molar-refractivity contribution is 0.281.